The minimum absolute atomic E-state index is 0.0497. The van der Waals surface area contributed by atoms with E-state index in [1.807, 2.05) is 19.9 Å². The van der Waals surface area contributed by atoms with E-state index in [1.165, 1.54) is 0 Å². The number of thiophene rings is 1. The number of halogens is 1. The Morgan fingerprint density at radius 3 is 2.77 bits per heavy atom. The SMILES string of the molecule is Cc1sc(C(C)CC(=O)O)cc1Cl. The summed E-state index contributed by atoms with van der Waals surface area (Å²) in [6.45, 7) is 3.83. The second-order valence-corrected chi connectivity index (χ2v) is 4.75. The van der Waals surface area contributed by atoms with Crippen molar-refractivity contribution in [2.45, 2.75) is 26.2 Å². The lowest BCUT2D eigenvalue weighted by Crippen LogP contribution is -2.00. The van der Waals surface area contributed by atoms with Crippen molar-refractivity contribution >= 4 is 28.9 Å². The molecule has 1 atom stereocenters. The van der Waals surface area contributed by atoms with Gasteiger partial charge >= 0.3 is 5.97 Å². The van der Waals surface area contributed by atoms with Gasteiger partial charge in [-0.15, -0.1) is 11.3 Å². The van der Waals surface area contributed by atoms with Gasteiger partial charge in [0.25, 0.3) is 0 Å². The highest BCUT2D eigenvalue weighted by molar-refractivity contribution is 7.12. The summed E-state index contributed by atoms with van der Waals surface area (Å²) >= 11 is 7.44. The van der Waals surface area contributed by atoms with Crippen LogP contribution in [0, 0.1) is 6.92 Å². The zero-order valence-corrected chi connectivity index (χ0v) is 9.08. The Hall–Kier alpha value is -0.540. The third-order valence-electron chi connectivity index (χ3n) is 1.84. The summed E-state index contributed by atoms with van der Waals surface area (Å²) < 4.78 is 0. The molecule has 4 heteroatoms. The molecule has 13 heavy (non-hydrogen) atoms. The molecule has 1 rings (SSSR count). The van der Waals surface area contributed by atoms with Crippen molar-refractivity contribution in [2.75, 3.05) is 0 Å². The minimum atomic E-state index is -0.769. The first-order chi connectivity index (χ1) is 6.00. The summed E-state index contributed by atoms with van der Waals surface area (Å²) in [5.74, 6) is -0.719. The molecule has 0 aliphatic heterocycles. The van der Waals surface area contributed by atoms with E-state index in [9.17, 15) is 4.79 Å². The van der Waals surface area contributed by atoms with Gasteiger partial charge in [-0.05, 0) is 13.0 Å². The lowest BCUT2D eigenvalue weighted by atomic mass is 10.1. The Labute approximate surface area is 86.2 Å². The van der Waals surface area contributed by atoms with Crippen LogP contribution in [0.25, 0.3) is 0 Å². The molecule has 0 amide bonds. The Bertz CT molecular complexity index is 300. The van der Waals surface area contributed by atoms with Gasteiger partial charge in [-0.3, -0.25) is 4.79 Å². The molecule has 0 spiro atoms. The second-order valence-electron chi connectivity index (χ2n) is 3.05. The maximum atomic E-state index is 10.4. The molecule has 0 aliphatic carbocycles. The average molecular weight is 219 g/mol. The van der Waals surface area contributed by atoms with Gasteiger partial charge in [0.15, 0.2) is 0 Å². The molecule has 1 aromatic rings. The molecule has 0 aliphatic rings. The Kier molecular flexibility index (Phi) is 3.33. The number of hydrogen-bond acceptors (Lipinski definition) is 2. The van der Waals surface area contributed by atoms with Gasteiger partial charge in [0.05, 0.1) is 11.4 Å². The molecule has 0 radical (unpaired) electrons. The molecule has 72 valence electrons. The molecule has 0 fully saturated rings. The summed E-state index contributed by atoms with van der Waals surface area (Å²) in [4.78, 5) is 12.5. The normalized spacial score (nSPS) is 12.8. The first-order valence-corrected chi connectivity index (χ1v) is 5.17. The Balaban J connectivity index is 2.77. The van der Waals surface area contributed by atoms with E-state index in [0.717, 1.165) is 14.8 Å². The van der Waals surface area contributed by atoms with Crippen molar-refractivity contribution < 1.29 is 9.90 Å². The van der Waals surface area contributed by atoms with Crippen LogP contribution in [0.5, 0.6) is 0 Å². The fourth-order valence-electron chi connectivity index (χ4n) is 1.09. The van der Waals surface area contributed by atoms with Crippen molar-refractivity contribution in [2.24, 2.45) is 0 Å². The maximum absolute atomic E-state index is 10.4. The molecule has 1 aromatic heterocycles. The van der Waals surface area contributed by atoms with Crippen LogP contribution in [0.4, 0.5) is 0 Å². The molecule has 1 heterocycles. The summed E-state index contributed by atoms with van der Waals surface area (Å²) in [5, 5.41) is 9.33. The molecular weight excluding hydrogens is 208 g/mol. The molecule has 1 N–H and O–H groups in total. The lowest BCUT2D eigenvalue weighted by molar-refractivity contribution is -0.137. The zero-order valence-electron chi connectivity index (χ0n) is 7.50. The van der Waals surface area contributed by atoms with E-state index in [4.69, 9.17) is 16.7 Å². The van der Waals surface area contributed by atoms with Crippen LogP contribution >= 0.6 is 22.9 Å². The Morgan fingerprint density at radius 2 is 2.38 bits per heavy atom. The second kappa shape index (κ2) is 4.11. The third kappa shape index (κ3) is 2.71. The highest BCUT2D eigenvalue weighted by Crippen LogP contribution is 2.32. The molecule has 0 aromatic carbocycles. The van der Waals surface area contributed by atoms with Crippen LogP contribution in [0.3, 0.4) is 0 Å². The van der Waals surface area contributed by atoms with Crippen LogP contribution in [0.1, 0.15) is 29.0 Å². The van der Waals surface area contributed by atoms with Crippen molar-refractivity contribution in [3.8, 4) is 0 Å². The first kappa shape index (κ1) is 10.5. The van der Waals surface area contributed by atoms with Crippen LogP contribution in [-0.2, 0) is 4.79 Å². The zero-order chi connectivity index (χ0) is 10.0. The number of carboxylic acids is 1. The molecule has 0 bridgehead atoms. The maximum Gasteiger partial charge on any atom is 0.303 e. The topological polar surface area (TPSA) is 37.3 Å². The van der Waals surface area contributed by atoms with Gasteiger partial charge in [-0.1, -0.05) is 18.5 Å². The monoisotopic (exact) mass is 218 g/mol. The van der Waals surface area contributed by atoms with E-state index in [2.05, 4.69) is 0 Å². The van der Waals surface area contributed by atoms with E-state index < -0.39 is 5.97 Å². The highest BCUT2D eigenvalue weighted by atomic mass is 35.5. The van der Waals surface area contributed by atoms with Crippen molar-refractivity contribution in [3.63, 3.8) is 0 Å². The molecule has 0 saturated carbocycles. The molecule has 2 nitrogen and oxygen atoms in total. The number of carbonyl (C=O) groups is 1. The quantitative estimate of drug-likeness (QED) is 0.846. The number of aliphatic carboxylic acids is 1. The van der Waals surface area contributed by atoms with Gasteiger partial charge in [-0.2, -0.15) is 0 Å². The van der Waals surface area contributed by atoms with Gasteiger partial charge in [0.2, 0.25) is 0 Å². The largest absolute Gasteiger partial charge is 0.481 e. The first-order valence-electron chi connectivity index (χ1n) is 3.98. The van der Waals surface area contributed by atoms with Crippen LogP contribution in [0.2, 0.25) is 5.02 Å². The van der Waals surface area contributed by atoms with Gasteiger partial charge in [-0.25, -0.2) is 0 Å². The number of rotatable bonds is 3. The van der Waals surface area contributed by atoms with Crippen molar-refractivity contribution in [1.29, 1.82) is 0 Å². The Morgan fingerprint density at radius 1 is 1.77 bits per heavy atom. The van der Waals surface area contributed by atoms with Crippen LogP contribution < -0.4 is 0 Å². The fraction of sp³-hybridized carbons (Fsp3) is 0.444. The summed E-state index contributed by atoms with van der Waals surface area (Å²) in [6.07, 6.45) is 0.163. The predicted octanol–water partition coefficient (Wildman–Crippen LogP) is 3.29. The average Bonchev–Trinajstić information content (AvgIpc) is 2.31. The van der Waals surface area contributed by atoms with E-state index in [0.29, 0.717) is 0 Å². The van der Waals surface area contributed by atoms with Crippen molar-refractivity contribution in [1.82, 2.24) is 0 Å². The van der Waals surface area contributed by atoms with Gasteiger partial charge in [0.1, 0.15) is 0 Å². The standard InChI is InChI=1S/C9H11ClO2S/c1-5(3-9(11)12)8-4-7(10)6(2)13-8/h4-5H,3H2,1-2H3,(H,11,12). The summed E-state index contributed by atoms with van der Waals surface area (Å²) in [6, 6.07) is 1.86. The van der Waals surface area contributed by atoms with E-state index in [-0.39, 0.29) is 12.3 Å². The summed E-state index contributed by atoms with van der Waals surface area (Å²) in [7, 11) is 0. The summed E-state index contributed by atoms with van der Waals surface area (Å²) in [5.41, 5.74) is 0. The van der Waals surface area contributed by atoms with Gasteiger partial charge in [0, 0.05) is 15.7 Å². The molecular formula is C9H11ClO2S. The van der Waals surface area contributed by atoms with E-state index >= 15 is 0 Å². The molecule has 1 unspecified atom stereocenters. The minimum Gasteiger partial charge on any atom is -0.481 e. The van der Waals surface area contributed by atoms with E-state index in [1.54, 1.807) is 11.3 Å². The lowest BCUT2D eigenvalue weighted by Gasteiger charge is -2.03. The number of hydrogen-bond donors (Lipinski definition) is 1. The molecule has 0 saturated heterocycles. The number of aryl methyl sites for hydroxylation is 1. The third-order valence-corrected chi connectivity index (χ3v) is 3.63. The highest BCUT2D eigenvalue weighted by Gasteiger charge is 2.13. The predicted molar refractivity (Wildman–Crippen MR) is 54.7 cm³/mol. The van der Waals surface area contributed by atoms with Crippen LogP contribution in [-0.4, -0.2) is 11.1 Å². The van der Waals surface area contributed by atoms with Gasteiger partial charge < -0.3 is 5.11 Å². The smallest absolute Gasteiger partial charge is 0.303 e. The van der Waals surface area contributed by atoms with Crippen molar-refractivity contribution in [3.05, 3.63) is 20.8 Å². The fourth-order valence-corrected chi connectivity index (χ4v) is 2.36. The van der Waals surface area contributed by atoms with Crippen LogP contribution in [0.15, 0.2) is 6.07 Å². The number of carboxylic acid groups (broad SMARTS) is 1.